The number of sulfonamides is 1. The Balaban J connectivity index is 1.46. The van der Waals surface area contributed by atoms with Gasteiger partial charge in [0, 0.05) is 12.2 Å². The number of rotatable bonds is 10. The van der Waals surface area contributed by atoms with Crippen LogP contribution in [0.25, 0.3) is 0 Å². The summed E-state index contributed by atoms with van der Waals surface area (Å²) in [7, 11) is -3.90. The van der Waals surface area contributed by atoms with Gasteiger partial charge in [-0.1, -0.05) is 77.9 Å². The van der Waals surface area contributed by atoms with Crippen LogP contribution >= 0.6 is 0 Å². The van der Waals surface area contributed by atoms with Crippen molar-refractivity contribution in [2.75, 3.05) is 11.9 Å². The highest BCUT2D eigenvalue weighted by molar-refractivity contribution is 7.89. The van der Waals surface area contributed by atoms with Crippen molar-refractivity contribution in [3.05, 3.63) is 125 Å². The van der Waals surface area contributed by atoms with Gasteiger partial charge in [-0.25, -0.2) is 8.42 Å². The molecular formula is C30H30N2O4S. The van der Waals surface area contributed by atoms with Gasteiger partial charge in [0.1, 0.15) is 12.4 Å². The molecule has 4 aromatic carbocycles. The van der Waals surface area contributed by atoms with E-state index in [4.69, 9.17) is 4.74 Å². The van der Waals surface area contributed by atoms with Crippen LogP contribution < -0.4 is 10.1 Å². The molecule has 0 saturated heterocycles. The Morgan fingerprint density at radius 1 is 0.784 bits per heavy atom. The molecule has 190 valence electrons. The van der Waals surface area contributed by atoms with E-state index in [2.05, 4.69) is 5.32 Å². The molecule has 0 heterocycles. The highest BCUT2D eigenvalue weighted by Crippen LogP contribution is 2.21. The summed E-state index contributed by atoms with van der Waals surface area (Å²) in [5.41, 5.74) is 4.40. The summed E-state index contributed by atoms with van der Waals surface area (Å²) in [6, 6.07) is 31.1. The third-order valence-corrected chi connectivity index (χ3v) is 7.61. The maximum absolute atomic E-state index is 13.5. The van der Waals surface area contributed by atoms with E-state index in [0.29, 0.717) is 18.0 Å². The average molecular weight is 515 g/mol. The fourth-order valence-electron chi connectivity index (χ4n) is 3.84. The zero-order valence-corrected chi connectivity index (χ0v) is 21.7. The third kappa shape index (κ3) is 7.29. The summed E-state index contributed by atoms with van der Waals surface area (Å²) in [6.45, 7) is 4.04. The predicted molar refractivity (Wildman–Crippen MR) is 146 cm³/mol. The van der Waals surface area contributed by atoms with Crippen molar-refractivity contribution in [1.29, 1.82) is 0 Å². The summed E-state index contributed by atoms with van der Waals surface area (Å²) in [4.78, 5) is 13.1. The van der Waals surface area contributed by atoms with Crippen molar-refractivity contribution in [2.45, 2.75) is 31.9 Å². The van der Waals surface area contributed by atoms with E-state index in [9.17, 15) is 13.2 Å². The zero-order valence-electron chi connectivity index (χ0n) is 20.9. The summed E-state index contributed by atoms with van der Waals surface area (Å²) < 4.78 is 34.0. The van der Waals surface area contributed by atoms with Crippen LogP contribution in [0.4, 0.5) is 5.69 Å². The first-order valence-corrected chi connectivity index (χ1v) is 13.4. The average Bonchev–Trinajstić information content (AvgIpc) is 2.89. The second-order valence-corrected chi connectivity index (χ2v) is 10.9. The van der Waals surface area contributed by atoms with E-state index >= 15 is 0 Å². The Hall–Kier alpha value is -3.94. The predicted octanol–water partition coefficient (Wildman–Crippen LogP) is 5.71. The monoisotopic (exact) mass is 514 g/mol. The number of aryl methyl sites for hydroxylation is 2. The van der Waals surface area contributed by atoms with E-state index in [1.54, 1.807) is 48.5 Å². The molecule has 0 aliphatic carbocycles. The van der Waals surface area contributed by atoms with Crippen molar-refractivity contribution in [1.82, 2.24) is 4.31 Å². The van der Waals surface area contributed by atoms with Crippen LogP contribution in [0.2, 0.25) is 0 Å². The lowest BCUT2D eigenvalue weighted by atomic mass is 10.1. The first kappa shape index (κ1) is 26.1. The molecule has 4 aromatic rings. The quantitative estimate of drug-likeness (QED) is 0.294. The van der Waals surface area contributed by atoms with Crippen LogP contribution in [0.1, 0.15) is 22.3 Å². The molecule has 37 heavy (non-hydrogen) atoms. The molecule has 0 aliphatic heterocycles. The van der Waals surface area contributed by atoms with E-state index < -0.39 is 15.9 Å². The highest BCUT2D eigenvalue weighted by Gasteiger charge is 2.27. The molecule has 0 saturated carbocycles. The normalized spacial score (nSPS) is 11.3. The second kappa shape index (κ2) is 11.9. The van der Waals surface area contributed by atoms with Crippen molar-refractivity contribution >= 4 is 21.6 Å². The number of anilines is 1. The number of carbonyl (C=O) groups is 1. The van der Waals surface area contributed by atoms with Crippen molar-refractivity contribution in [2.24, 2.45) is 0 Å². The van der Waals surface area contributed by atoms with Gasteiger partial charge in [-0.3, -0.25) is 4.79 Å². The smallest absolute Gasteiger partial charge is 0.243 e. The molecule has 0 aromatic heterocycles. The number of hydrogen-bond donors (Lipinski definition) is 1. The molecule has 0 unspecified atom stereocenters. The number of nitrogens with zero attached hydrogens (tertiary/aromatic N) is 1. The van der Waals surface area contributed by atoms with Gasteiger partial charge in [0.15, 0.2) is 0 Å². The molecule has 0 aliphatic rings. The van der Waals surface area contributed by atoms with Crippen LogP contribution in [-0.2, 0) is 28.0 Å². The summed E-state index contributed by atoms with van der Waals surface area (Å²) in [5, 5.41) is 2.80. The maximum atomic E-state index is 13.5. The van der Waals surface area contributed by atoms with Gasteiger partial charge in [0.2, 0.25) is 15.9 Å². The third-order valence-electron chi connectivity index (χ3n) is 5.81. The fraction of sp³-hybridized carbons (Fsp3) is 0.167. The van der Waals surface area contributed by atoms with Gasteiger partial charge < -0.3 is 10.1 Å². The van der Waals surface area contributed by atoms with Crippen LogP contribution in [0, 0.1) is 13.8 Å². The SMILES string of the molecule is Cc1ccc(S(=O)(=O)N(CC(=O)Nc2ccc(OCc3ccccc3)cc2)Cc2cccc(C)c2)cc1. The molecule has 0 fully saturated rings. The Kier molecular flexibility index (Phi) is 8.38. The van der Waals surface area contributed by atoms with Crippen molar-refractivity contribution in [3.63, 3.8) is 0 Å². The molecule has 1 N–H and O–H groups in total. The van der Waals surface area contributed by atoms with E-state index in [1.807, 2.05) is 68.4 Å². The van der Waals surface area contributed by atoms with Gasteiger partial charge >= 0.3 is 0 Å². The van der Waals surface area contributed by atoms with Gasteiger partial charge in [-0.15, -0.1) is 0 Å². The summed E-state index contributed by atoms with van der Waals surface area (Å²) >= 11 is 0. The molecule has 0 radical (unpaired) electrons. The number of carbonyl (C=O) groups excluding carboxylic acids is 1. The van der Waals surface area contributed by atoms with Crippen LogP contribution in [0.5, 0.6) is 5.75 Å². The molecular weight excluding hydrogens is 484 g/mol. The van der Waals surface area contributed by atoms with E-state index in [1.165, 1.54) is 4.31 Å². The topological polar surface area (TPSA) is 75.7 Å². The number of amides is 1. The first-order valence-electron chi connectivity index (χ1n) is 12.0. The molecule has 1 amide bonds. The lowest BCUT2D eigenvalue weighted by molar-refractivity contribution is -0.116. The lowest BCUT2D eigenvalue weighted by Crippen LogP contribution is -2.37. The Labute approximate surface area is 218 Å². The second-order valence-electron chi connectivity index (χ2n) is 8.92. The van der Waals surface area contributed by atoms with E-state index in [0.717, 1.165) is 22.3 Å². The molecule has 0 atom stereocenters. The van der Waals surface area contributed by atoms with Crippen LogP contribution in [-0.4, -0.2) is 25.2 Å². The van der Waals surface area contributed by atoms with E-state index in [-0.39, 0.29) is 18.0 Å². The molecule has 0 bridgehead atoms. The first-order chi connectivity index (χ1) is 17.8. The largest absolute Gasteiger partial charge is 0.489 e. The fourth-order valence-corrected chi connectivity index (χ4v) is 5.22. The van der Waals surface area contributed by atoms with Gasteiger partial charge in [0.05, 0.1) is 11.4 Å². The number of benzene rings is 4. The van der Waals surface area contributed by atoms with Gasteiger partial charge in [0.25, 0.3) is 0 Å². The minimum absolute atomic E-state index is 0.0809. The van der Waals surface area contributed by atoms with Gasteiger partial charge in [-0.2, -0.15) is 4.31 Å². The summed E-state index contributed by atoms with van der Waals surface area (Å²) in [5.74, 6) is 0.242. The number of ether oxygens (including phenoxy) is 1. The lowest BCUT2D eigenvalue weighted by Gasteiger charge is -2.22. The molecule has 4 rings (SSSR count). The molecule has 0 spiro atoms. The minimum atomic E-state index is -3.90. The molecule has 7 heteroatoms. The summed E-state index contributed by atoms with van der Waals surface area (Å²) in [6.07, 6.45) is 0. The maximum Gasteiger partial charge on any atom is 0.243 e. The Bertz CT molecular complexity index is 1440. The Morgan fingerprint density at radius 2 is 1.46 bits per heavy atom. The van der Waals surface area contributed by atoms with Crippen molar-refractivity contribution in [3.8, 4) is 5.75 Å². The van der Waals surface area contributed by atoms with Gasteiger partial charge in [-0.05, 0) is 61.4 Å². The number of nitrogens with one attached hydrogen (secondary N) is 1. The number of hydrogen-bond acceptors (Lipinski definition) is 4. The standard InChI is InChI=1S/C30H30N2O4S/c1-23-11-17-29(18-12-23)37(34,35)32(20-26-10-6-7-24(2)19-26)21-30(33)31-27-13-15-28(16-14-27)36-22-25-8-4-3-5-9-25/h3-19H,20-22H2,1-2H3,(H,31,33). The molecule has 6 nitrogen and oxygen atoms in total. The van der Waals surface area contributed by atoms with Crippen LogP contribution in [0.3, 0.4) is 0 Å². The Morgan fingerprint density at radius 3 is 2.14 bits per heavy atom. The zero-order chi connectivity index (χ0) is 26.3. The van der Waals surface area contributed by atoms with Crippen LogP contribution in [0.15, 0.2) is 108 Å². The van der Waals surface area contributed by atoms with Crippen molar-refractivity contribution < 1.29 is 17.9 Å². The minimum Gasteiger partial charge on any atom is -0.489 e. The highest BCUT2D eigenvalue weighted by atomic mass is 32.2.